The molecule has 96 valence electrons. The second-order valence-electron chi connectivity index (χ2n) is 5.17. The molecule has 0 aromatic heterocycles. The predicted octanol–water partition coefficient (Wildman–Crippen LogP) is 1.43. The normalized spacial score (nSPS) is 25.3. The third-order valence-corrected chi connectivity index (χ3v) is 2.59. The van der Waals surface area contributed by atoms with Gasteiger partial charge in [-0.2, -0.15) is 0 Å². The molecule has 0 bridgehead atoms. The van der Waals surface area contributed by atoms with Crippen LogP contribution >= 0.6 is 0 Å². The van der Waals surface area contributed by atoms with E-state index < -0.39 is 0 Å². The Morgan fingerprint density at radius 1 is 1.31 bits per heavy atom. The molecule has 3 N–H and O–H groups in total. The Bertz CT molecular complexity index is 190. The molecule has 1 saturated carbocycles. The molecular formula is C12H26N2O2. The van der Waals surface area contributed by atoms with E-state index in [1.54, 1.807) is 0 Å². The standard InChI is InChI=1S/C7H16N2.C5H10O2/c1-9-7-5-3-2-4-6(7)8;1-5(2,3)7-4-6/h6-7,9H,2-5,8H2,1H3;4H,1-3H3. The zero-order chi connectivity index (χ0) is 12.6. The van der Waals surface area contributed by atoms with Gasteiger partial charge >= 0.3 is 0 Å². The number of hydrogen-bond acceptors (Lipinski definition) is 4. The molecule has 0 radical (unpaired) electrons. The van der Waals surface area contributed by atoms with E-state index in [4.69, 9.17) is 5.73 Å². The molecule has 4 heteroatoms. The third-order valence-electron chi connectivity index (χ3n) is 2.59. The quantitative estimate of drug-likeness (QED) is 0.704. The summed E-state index contributed by atoms with van der Waals surface area (Å²) in [7, 11) is 2.00. The number of carbonyl (C=O) groups is 1. The van der Waals surface area contributed by atoms with Crippen LogP contribution in [-0.4, -0.2) is 31.2 Å². The van der Waals surface area contributed by atoms with Crippen LogP contribution in [0.2, 0.25) is 0 Å². The summed E-state index contributed by atoms with van der Waals surface area (Å²) >= 11 is 0. The van der Waals surface area contributed by atoms with Gasteiger partial charge in [0.1, 0.15) is 5.60 Å². The first-order valence-corrected chi connectivity index (χ1v) is 5.95. The van der Waals surface area contributed by atoms with Gasteiger partial charge in [0.25, 0.3) is 6.47 Å². The Kier molecular flexibility index (Phi) is 7.34. The van der Waals surface area contributed by atoms with Crippen LogP contribution in [0.1, 0.15) is 46.5 Å². The van der Waals surface area contributed by atoms with Crippen LogP contribution in [0.15, 0.2) is 0 Å². The minimum absolute atomic E-state index is 0.318. The fourth-order valence-electron chi connectivity index (χ4n) is 1.66. The first kappa shape index (κ1) is 15.4. The zero-order valence-electron chi connectivity index (χ0n) is 11.0. The summed E-state index contributed by atoms with van der Waals surface area (Å²) in [5.41, 5.74) is 5.51. The number of nitrogens with one attached hydrogen (secondary N) is 1. The van der Waals surface area contributed by atoms with Gasteiger partial charge in [0.15, 0.2) is 0 Å². The lowest BCUT2D eigenvalue weighted by Crippen LogP contribution is -2.45. The van der Waals surface area contributed by atoms with Crippen molar-refractivity contribution in [2.24, 2.45) is 5.73 Å². The fraction of sp³-hybridized carbons (Fsp3) is 0.917. The first-order valence-electron chi connectivity index (χ1n) is 5.95. The summed E-state index contributed by atoms with van der Waals surface area (Å²) in [6.07, 6.45) is 5.13. The van der Waals surface area contributed by atoms with Crippen LogP contribution in [0.5, 0.6) is 0 Å². The number of hydrogen-bond donors (Lipinski definition) is 2. The van der Waals surface area contributed by atoms with E-state index in [2.05, 4.69) is 10.1 Å². The molecule has 1 aliphatic carbocycles. The number of likely N-dealkylation sites (N-methyl/N-ethyl adjacent to an activating group) is 1. The molecule has 1 fully saturated rings. The molecule has 1 aliphatic rings. The van der Waals surface area contributed by atoms with Gasteiger partial charge in [0, 0.05) is 12.1 Å². The Hall–Kier alpha value is -0.610. The average molecular weight is 230 g/mol. The monoisotopic (exact) mass is 230 g/mol. The van der Waals surface area contributed by atoms with E-state index >= 15 is 0 Å². The highest BCUT2D eigenvalue weighted by molar-refractivity contribution is 5.37. The van der Waals surface area contributed by atoms with Crippen LogP contribution < -0.4 is 11.1 Å². The first-order chi connectivity index (χ1) is 7.40. The maximum atomic E-state index is 9.60. The lowest BCUT2D eigenvalue weighted by atomic mass is 9.91. The number of rotatable bonds is 2. The third kappa shape index (κ3) is 7.65. The molecule has 2 unspecified atom stereocenters. The van der Waals surface area contributed by atoms with E-state index in [1.165, 1.54) is 25.7 Å². The number of ether oxygens (including phenoxy) is 1. The minimum atomic E-state index is -0.318. The van der Waals surface area contributed by atoms with Crippen LogP contribution in [0.25, 0.3) is 0 Å². The molecule has 0 saturated heterocycles. The van der Waals surface area contributed by atoms with Gasteiger partial charge in [0.05, 0.1) is 0 Å². The maximum absolute atomic E-state index is 9.60. The van der Waals surface area contributed by atoms with Crippen molar-refractivity contribution in [2.45, 2.75) is 64.1 Å². The van der Waals surface area contributed by atoms with Gasteiger partial charge in [-0.25, -0.2) is 0 Å². The number of carbonyl (C=O) groups excluding carboxylic acids is 1. The molecular weight excluding hydrogens is 204 g/mol. The fourth-order valence-corrected chi connectivity index (χ4v) is 1.66. The summed E-state index contributed by atoms with van der Waals surface area (Å²) in [5, 5.41) is 3.23. The molecule has 16 heavy (non-hydrogen) atoms. The molecule has 0 amide bonds. The van der Waals surface area contributed by atoms with Crippen molar-refractivity contribution < 1.29 is 9.53 Å². The smallest absolute Gasteiger partial charge is 0.293 e. The Balaban J connectivity index is 0.000000293. The Morgan fingerprint density at radius 2 is 1.88 bits per heavy atom. The molecule has 0 aliphatic heterocycles. The van der Waals surface area contributed by atoms with Gasteiger partial charge in [-0.3, -0.25) is 4.79 Å². The summed E-state index contributed by atoms with van der Waals surface area (Å²) in [4.78, 5) is 9.60. The summed E-state index contributed by atoms with van der Waals surface area (Å²) < 4.78 is 4.55. The van der Waals surface area contributed by atoms with Crippen molar-refractivity contribution in [3.05, 3.63) is 0 Å². The number of nitrogens with two attached hydrogens (primary N) is 1. The molecule has 4 nitrogen and oxygen atoms in total. The van der Waals surface area contributed by atoms with Gasteiger partial charge in [-0.05, 0) is 40.7 Å². The largest absolute Gasteiger partial charge is 0.462 e. The average Bonchev–Trinajstić information content (AvgIpc) is 2.17. The van der Waals surface area contributed by atoms with Gasteiger partial charge < -0.3 is 15.8 Å². The van der Waals surface area contributed by atoms with Crippen LogP contribution in [0.4, 0.5) is 0 Å². The molecule has 0 spiro atoms. The summed E-state index contributed by atoms with van der Waals surface area (Å²) in [5.74, 6) is 0. The van der Waals surface area contributed by atoms with Crippen molar-refractivity contribution in [2.75, 3.05) is 7.05 Å². The van der Waals surface area contributed by atoms with Gasteiger partial charge in [-0.1, -0.05) is 12.8 Å². The lowest BCUT2D eigenvalue weighted by molar-refractivity contribution is -0.138. The van der Waals surface area contributed by atoms with E-state index in [0.29, 0.717) is 18.6 Å². The molecule has 2 atom stereocenters. The highest BCUT2D eigenvalue weighted by atomic mass is 16.5. The van der Waals surface area contributed by atoms with Crippen molar-refractivity contribution in [3.63, 3.8) is 0 Å². The maximum Gasteiger partial charge on any atom is 0.293 e. The molecule has 0 heterocycles. The Morgan fingerprint density at radius 3 is 2.12 bits per heavy atom. The molecule has 0 aromatic rings. The predicted molar refractivity (Wildman–Crippen MR) is 66.2 cm³/mol. The second-order valence-corrected chi connectivity index (χ2v) is 5.17. The van der Waals surface area contributed by atoms with Crippen molar-refractivity contribution in [1.29, 1.82) is 0 Å². The SMILES string of the molecule is CC(C)(C)OC=O.CNC1CCCCC1N. The summed E-state index contributed by atoms with van der Waals surface area (Å²) in [6.45, 7) is 5.92. The topological polar surface area (TPSA) is 64.3 Å². The molecule has 0 aromatic carbocycles. The van der Waals surface area contributed by atoms with Crippen LogP contribution in [-0.2, 0) is 9.53 Å². The van der Waals surface area contributed by atoms with Crippen LogP contribution in [0, 0.1) is 0 Å². The zero-order valence-corrected chi connectivity index (χ0v) is 11.0. The van der Waals surface area contributed by atoms with E-state index in [1.807, 2.05) is 27.8 Å². The van der Waals surface area contributed by atoms with E-state index in [-0.39, 0.29) is 5.60 Å². The van der Waals surface area contributed by atoms with E-state index in [0.717, 1.165) is 0 Å². The minimum Gasteiger partial charge on any atom is -0.462 e. The van der Waals surface area contributed by atoms with E-state index in [9.17, 15) is 4.79 Å². The van der Waals surface area contributed by atoms with Crippen LogP contribution in [0.3, 0.4) is 0 Å². The highest BCUT2D eigenvalue weighted by Gasteiger charge is 2.18. The van der Waals surface area contributed by atoms with Gasteiger partial charge in [0.2, 0.25) is 0 Å². The molecule has 1 rings (SSSR count). The lowest BCUT2D eigenvalue weighted by Gasteiger charge is -2.27. The van der Waals surface area contributed by atoms with Crippen molar-refractivity contribution >= 4 is 6.47 Å². The van der Waals surface area contributed by atoms with Gasteiger partial charge in [-0.15, -0.1) is 0 Å². The van der Waals surface area contributed by atoms with Crippen molar-refractivity contribution in [3.8, 4) is 0 Å². The Labute approximate surface area is 98.9 Å². The highest BCUT2D eigenvalue weighted by Crippen LogP contribution is 2.15. The summed E-state index contributed by atoms with van der Waals surface area (Å²) in [6, 6.07) is 0.988. The van der Waals surface area contributed by atoms with Crippen molar-refractivity contribution in [1.82, 2.24) is 5.32 Å². The second kappa shape index (κ2) is 7.63.